The van der Waals surface area contributed by atoms with Gasteiger partial charge in [-0.3, -0.25) is 18.6 Å². The van der Waals surface area contributed by atoms with Gasteiger partial charge in [0.2, 0.25) is 5.95 Å². The Balaban J connectivity index is 1.36. The minimum Gasteiger partial charge on any atom is -0.360 e. The number of aryl methyl sites for hydroxylation is 1. The van der Waals surface area contributed by atoms with Crippen LogP contribution in [-0.4, -0.2) is 55.9 Å². The first kappa shape index (κ1) is 22.2. The fraction of sp³-hybridized carbons (Fsp3) is 0.458. The van der Waals surface area contributed by atoms with E-state index in [4.69, 9.17) is 9.97 Å². The largest absolute Gasteiger partial charge is 0.360 e. The molecule has 0 spiro atoms. The average molecular weight is 493 g/mol. The zero-order chi connectivity index (χ0) is 24.1. The number of ketones is 1. The van der Waals surface area contributed by atoms with Gasteiger partial charge in [-0.2, -0.15) is 4.98 Å². The van der Waals surface area contributed by atoms with Crippen LogP contribution < -0.4 is 21.1 Å². The Morgan fingerprint density at radius 2 is 1.94 bits per heavy atom. The molecule has 11 heteroatoms. The lowest BCUT2D eigenvalue weighted by atomic mass is 10.0. The molecule has 0 radical (unpaired) electrons. The van der Waals surface area contributed by atoms with Gasteiger partial charge in [-0.05, 0) is 32.3 Å². The second kappa shape index (κ2) is 8.72. The number of carbonyl (C=O) groups is 1. The second-order valence-corrected chi connectivity index (χ2v) is 10.3. The monoisotopic (exact) mass is 492 g/mol. The van der Waals surface area contributed by atoms with Crippen LogP contribution in [0.2, 0.25) is 0 Å². The molecule has 2 N–H and O–H groups in total. The number of nitrogens with zero attached hydrogens (tertiary/aromatic N) is 6. The van der Waals surface area contributed by atoms with Crippen LogP contribution in [0.1, 0.15) is 54.6 Å². The summed E-state index contributed by atoms with van der Waals surface area (Å²) in [5.74, 6) is 0.808. The summed E-state index contributed by atoms with van der Waals surface area (Å²) in [7, 11) is 0. The number of piperazine rings is 1. The molecule has 35 heavy (non-hydrogen) atoms. The highest BCUT2D eigenvalue weighted by Crippen LogP contribution is 2.32. The molecule has 0 bridgehead atoms. The van der Waals surface area contributed by atoms with Gasteiger partial charge in [-0.1, -0.05) is 24.2 Å². The van der Waals surface area contributed by atoms with Crippen LogP contribution >= 0.6 is 11.3 Å². The molecule has 2 fully saturated rings. The van der Waals surface area contributed by atoms with E-state index in [0.29, 0.717) is 23.0 Å². The first-order valence-corrected chi connectivity index (χ1v) is 13.0. The molecule has 1 saturated carbocycles. The van der Waals surface area contributed by atoms with Crippen molar-refractivity contribution in [1.82, 2.24) is 29.2 Å². The first-order chi connectivity index (χ1) is 17.0. The predicted octanol–water partition coefficient (Wildman–Crippen LogP) is 3.28. The van der Waals surface area contributed by atoms with E-state index in [2.05, 4.69) is 26.7 Å². The maximum Gasteiger partial charge on any atom is 0.263 e. The molecule has 4 aromatic heterocycles. The van der Waals surface area contributed by atoms with E-state index in [1.807, 2.05) is 10.6 Å². The fourth-order valence-electron chi connectivity index (χ4n) is 5.30. The third-order valence-electron chi connectivity index (χ3n) is 7.06. The maximum absolute atomic E-state index is 13.4. The molecular formula is C24H28N8O2S. The molecule has 1 saturated heterocycles. The van der Waals surface area contributed by atoms with Crippen molar-refractivity contribution in [3.05, 3.63) is 40.1 Å². The second-order valence-electron chi connectivity index (χ2n) is 9.35. The summed E-state index contributed by atoms with van der Waals surface area (Å²) in [6, 6.07) is 0.0489. The molecule has 4 aromatic rings. The molecule has 1 aliphatic carbocycles. The van der Waals surface area contributed by atoms with Gasteiger partial charge in [0, 0.05) is 50.0 Å². The number of hydrogen-bond donors (Lipinski definition) is 2. The van der Waals surface area contributed by atoms with E-state index in [9.17, 15) is 9.59 Å². The van der Waals surface area contributed by atoms with Crippen molar-refractivity contribution >= 4 is 49.9 Å². The van der Waals surface area contributed by atoms with Gasteiger partial charge >= 0.3 is 0 Å². The van der Waals surface area contributed by atoms with Crippen LogP contribution in [0.25, 0.3) is 16.0 Å². The topological polar surface area (TPSA) is 109 Å². The van der Waals surface area contributed by atoms with Gasteiger partial charge < -0.3 is 15.5 Å². The lowest BCUT2D eigenvalue weighted by Gasteiger charge is -2.27. The number of rotatable bonds is 5. The third-order valence-corrected chi connectivity index (χ3v) is 8.12. The van der Waals surface area contributed by atoms with Gasteiger partial charge in [0.05, 0.1) is 11.8 Å². The molecule has 0 amide bonds. The highest BCUT2D eigenvalue weighted by atomic mass is 32.1. The van der Waals surface area contributed by atoms with Gasteiger partial charge in [0.15, 0.2) is 16.6 Å². The van der Waals surface area contributed by atoms with E-state index in [0.717, 1.165) is 62.2 Å². The summed E-state index contributed by atoms with van der Waals surface area (Å²) < 4.78 is 3.74. The Bertz CT molecular complexity index is 1460. The number of aromatic nitrogens is 5. The predicted molar refractivity (Wildman–Crippen MR) is 137 cm³/mol. The standard InChI is InChI=1S/C24H28N8O2S/c1-14-17-11-26-23(29-21(17)32(16-5-3-4-6-16)22(34)20(14)15(2)33)27-18-12-31-13-19(35-24(31)28-18)30-9-7-25-8-10-30/h11-13,16,25H,3-10H2,1-2H3,(H,26,27,29). The Hall–Kier alpha value is -3.31. The van der Waals surface area contributed by atoms with Crippen molar-refractivity contribution < 1.29 is 4.79 Å². The Morgan fingerprint density at radius 3 is 2.66 bits per heavy atom. The van der Waals surface area contributed by atoms with Crippen molar-refractivity contribution in [1.29, 1.82) is 0 Å². The molecule has 0 aromatic carbocycles. The number of imidazole rings is 1. The summed E-state index contributed by atoms with van der Waals surface area (Å²) >= 11 is 1.66. The SMILES string of the molecule is CC(=O)c1c(C)c2cnc(Nc3cn4cc(N5CCNCC5)sc4n3)nc2n(C2CCCC2)c1=O. The number of carbonyl (C=O) groups excluding carboxylic acids is 1. The zero-order valence-corrected chi connectivity index (χ0v) is 20.7. The van der Waals surface area contributed by atoms with E-state index in [1.54, 1.807) is 29.0 Å². The molecule has 10 nitrogen and oxygen atoms in total. The van der Waals surface area contributed by atoms with Gasteiger partial charge in [-0.15, -0.1) is 0 Å². The molecule has 0 atom stereocenters. The summed E-state index contributed by atoms with van der Waals surface area (Å²) in [6.45, 7) is 7.22. The van der Waals surface area contributed by atoms with Crippen molar-refractivity contribution in [3.8, 4) is 0 Å². The van der Waals surface area contributed by atoms with Crippen LogP contribution in [0.15, 0.2) is 23.4 Å². The van der Waals surface area contributed by atoms with Crippen LogP contribution in [0.3, 0.4) is 0 Å². The van der Waals surface area contributed by atoms with Crippen molar-refractivity contribution in [3.63, 3.8) is 0 Å². The summed E-state index contributed by atoms with van der Waals surface area (Å²) in [5, 5.41) is 8.53. The molecule has 5 heterocycles. The van der Waals surface area contributed by atoms with Crippen LogP contribution in [0.4, 0.5) is 16.8 Å². The lowest BCUT2D eigenvalue weighted by molar-refractivity contribution is 0.101. The fourth-order valence-corrected chi connectivity index (χ4v) is 6.32. The third kappa shape index (κ3) is 3.88. The van der Waals surface area contributed by atoms with Crippen LogP contribution in [0.5, 0.6) is 0 Å². The smallest absolute Gasteiger partial charge is 0.263 e. The zero-order valence-electron chi connectivity index (χ0n) is 19.9. The van der Waals surface area contributed by atoms with Crippen LogP contribution in [0, 0.1) is 6.92 Å². The molecular weight excluding hydrogens is 464 g/mol. The van der Waals surface area contributed by atoms with E-state index in [-0.39, 0.29) is 22.9 Å². The molecule has 182 valence electrons. The minimum absolute atomic E-state index is 0.0489. The van der Waals surface area contributed by atoms with Gasteiger partial charge in [-0.25, -0.2) is 9.97 Å². The number of hydrogen-bond acceptors (Lipinski definition) is 9. The van der Waals surface area contributed by atoms with Crippen molar-refractivity contribution in [2.24, 2.45) is 0 Å². The Morgan fingerprint density at radius 1 is 1.17 bits per heavy atom. The van der Waals surface area contributed by atoms with Gasteiger partial charge in [0.1, 0.15) is 10.6 Å². The average Bonchev–Trinajstić information content (AvgIpc) is 3.57. The van der Waals surface area contributed by atoms with Crippen molar-refractivity contribution in [2.45, 2.75) is 45.6 Å². The Kier molecular flexibility index (Phi) is 5.53. The molecule has 6 rings (SSSR count). The number of pyridine rings is 1. The van der Waals surface area contributed by atoms with Gasteiger partial charge in [0.25, 0.3) is 5.56 Å². The number of thiazole rings is 1. The minimum atomic E-state index is -0.248. The molecule has 1 aliphatic heterocycles. The number of Topliss-reactive ketones (excluding diaryl/α,β-unsaturated/α-hetero) is 1. The summed E-state index contributed by atoms with van der Waals surface area (Å²) in [5.41, 5.74) is 1.20. The Labute approximate surface area is 206 Å². The number of fused-ring (bicyclic) bond motifs is 2. The quantitative estimate of drug-likeness (QED) is 0.409. The number of anilines is 3. The first-order valence-electron chi connectivity index (χ1n) is 12.1. The number of nitrogens with one attached hydrogen (secondary N) is 2. The summed E-state index contributed by atoms with van der Waals surface area (Å²) in [4.78, 5) is 42.9. The normalized spacial score (nSPS) is 17.0. The highest BCUT2D eigenvalue weighted by Gasteiger charge is 2.26. The molecule has 0 unspecified atom stereocenters. The lowest BCUT2D eigenvalue weighted by Crippen LogP contribution is -2.43. The van der Waals surface area contributed by atoms with E-state index >= 15 is 0 Å². The highest BCUT2D eigenvalue weighted by molar-refractivity contribution is 7.20. The van der Waals surface area contributed by atoms with E-state index in [1.165, 1.54) is 11.9 Å². The van der Waals surface area contributed by atoms with E-state index < -0.39 is 0 Å². The van der Waals surface area contributed by atoms with Crippen LogP contribution in [-0.2, 0) is 0 Å². The molecule has 2 aliphatic rings. The van der Waals surface area contributed by atoms with Crippen molar-refractivity contribution in [2.75, 3.05) is 36.4 Å². The maximum atomic E-state index is 13.4. The summed E-state index contributed by atoms with van der Waals surface area (Å²) in [6.07, 6.45) is 9.70.